The first-order valence-corrected chi connectivity index (χ1v) is 15.7. The number of hydrogen-bond donors (Lipinski definition) is 0. The highest BCUT2D eigenvalue weighted by Crippen LogP contribution is 2.42. The van der Waals surface area contributed by atoms with Crippen LogP contribution in [0.2, 0.25) is 0 Å². The van der Waals surface area contributed by atoms with E-state index in [0.29, 0.717) is 22.6 Å². The Hall–Kier alpha value is -4.60. The molecule has 1 aliphatic carbocycles. The Morgan fingerprint density at radius 2 is 1.91 bits per heavy atom. The number of thiophene rings is 1. The van der Waals surface area contributed by atoms with Gasteiger partial charge in [-0.15, -0.1) is 11.3 Å². The molecule has 0 bridgehead atoms. The van der Waals surface area contributed by atoms with Gasteiger partial charge in [0.1, 0.15) is 6.61 Å². The van der Waals surface area contributed by atoms with Crippen molar-refractivity contribution in [2.45, 2.75) is 25.5 Å². The summed E-state index contributed by atoms with van der Waals surface area (Å²) in [6.07, 6.45) is 3.74. The van der Waals surface area contributed by atoms with Gasteiger partial charge in [0.25, 0.3) is 5.56 Å². The van der Waals surface area contributed by atoms with Crippen LogP contribution in [0.3, 0.4) is 0 Å². The summed E-state index contributed by atoms with van der Waals surface area (Å²) in [5, 5.41) is 2.07. The molecule has 0 radical (unpaired) electrons. The highest BCUT2D eigenvalue weighted by molar-refractivity contribution is 7.10. The van der Waals surface area contributed by atoms with Crippen LogP contribution >= 0.6 is 22.7 Å². The van der Waals surface area contributed by atoms with Gasteiger partial charge in [-0.25, -0.2) is 4.99 Å². The van der Waals surface area contributed by atoms with Crippen LogP contribution < -0.4 is 33.8 Å². The molecule has 0 fully saturated rings. The maximum absolute atomic E-state index is 14.0. The van der Waals surface area contributed by atoms with Gasteiger partial charge in [0.05, 0.1) is 23.4 Å². The SMILES string of the molecule is COc1cc(/C=c2/sc3n(c2=O)[C@H](c2cccs2)C2=C(N=3)c3ccccc3CC2)ccc1OCc1ccc2c(c1)OCO2. The van der Waals surface area contributed by atoms with Crippen molar-refractivity contribution < 1.29 is 18.9 Å². The van der Waals surface area contributed by atoms with Crippen LogP contribution in [0, 0.1) is 0 Å². The van der Waals surface area contributed by atoms with Crippen LogP contribution in [0.25, 0.3) is 11.8 Å². The fourth-order valence-corrected chi connectivity index (χ4v) is 7.80. The third-order valence-corrected chi connectivity index (χ3v) is 9.91. The molecule has 0 N–H and O–H groups in total. The molecule has 0 amide bonds. The monoisotopic (exact) mass is 606 g/mol. The Morgan fingerprint density at radius 1 is 1.00 bits per heavy atom. The molecule has 0 saturated carbocycles. The number of nitrogens with zero attached hydrogens (tertiary/aromatic N) is 2. The summed E-state index contributed by atoms with van der Waals surface area (Å²) >= 11 is 3.11. The summed E-state index contributed by atoms with van der Waals surface area (Å²) in [5.41, 5.74) is 6.48. The van der Waals surface area contributed by atoms with Crippen LogP contribution in [0.4, 0.5) is 0 Å². The number of ether oxygens (including phenoxy) is 4. The van der Waals surface area contributed by atoms with Crippen molar-refractivity contribution in [3.63, 3.8) is 0 Å². The minimum Gasteiger partial charge on any atom is -0.493 e. The van der Waals surface area contributed by atoms with E-state index in [1.807, 2.05) is 47.0 Å². The average Bonchev–Trinajstić information content (AvgIpc) is 3.80. The van der Waals surface area contributed by atoms with Crippen LogP contribution in [-0.2, 0) is 13.0 Å². The Bertz CT molecular complexity index is 2090. The molecule has 1 atom stereocenters. The number of rotatable bonds is 6. The van der Waals surface area contributed by atoms with E-state index in [1.165, 1.54) is 28.0 Å². The molecular weight excluding hydrogens is 581 g/mol. The molecule has 8 rings (SSSR count). The van der Waals surface area contributed by atoms with E-state index < -0.39 is 0 Å². The first-order chi connectivity index (χ1) is 21.2. The van der Waals surface area contributed by atoms with Gasteiger partial charge in [-0.1, -0.05) is 53.8 Å². The topological polar surface area (TPSA) is 71.3 Å². The number of hydrogen-bond acceptors (Lipinski definition) is 8. The van der Waals surface area contributed by atoms with Crippen molar-refractivity contribution in [3.8, 4) is 23.0 Å². The van der Waals surface area contributed by atoms with Crippen molar-refractivity contribution in [1.29, 1.82) is 0 Å². The molecule has 5 aromatic rings. The number of fused-ring (bicyclic) bond motifs is 4. The van der Waals surface area contributed by atoms with Gasteiger partial charge in [0.2, 0.25) is 6.79 Å². The van der Waals surface area contributed by atoms with Gasteiger partial charge >= 0.3 is 0 Å². The van der Waals surface area contributed by atoms with Gasteiger partial charge in [-0.05, 0) is 76.9 Å². The zero-order valence-electron chi connectivity index (χ0n) is 23.2. The molecule has 43 heavy (non-hydrogen) atoms. The number of methoxy groups -OCH3 is 1. The maximum atomic E-state index is 14.0. The average molecular weight is 607 g/mol. The zero-order chi connectivity index (χ0) is 28.9. The summed E-state index contributed by atoms with van der Waals surface area (Å²) < 4.78 is 25.1. The molecule has 2 aliphatic heterocycles. The highest BCUT2D eigenvalue weighted by Gasteiger charge is 2.33. The van der Waals surface area contributed by atoms with E-state index in [1.54, 1.807) is 18.4 Å². The van der Waals surface area contributed by atoms with Crippen molar-refractivity contribution in [2.75, 3.05) is 13.9 Å². The fourth-order valence-electron chi connectivity index (χ4n) is 5.95. The van der Waals surface area contributed by atoms with Crippen LogP contribution in [0.15, 0.2) is 93.5 Å². The Kier molecular flexibility index (Phi) is 6.42. The van der Waals surface area contributed by atoms with Crippen molar-refractivity contribution in [1.82, 2.24) is 4.57 Å². The molecule has 2 aromatic heterocycles. The summed E-state index contributed by atoms with van der Waals surface area (Å²) in [5.74, 6) is 2.66. The van der Waals surface area contributed by atoms with Crippen LogP contribution in [-0.4, -0.2) is 18.5 Å². The van der Waals surface area contributed by atoms with Crippen LogP contribution in [0.1, 0.15) is 39.6 Å². The highest BCUT2D eigenvalue weighted by atomic mass is 32.1. The van der Waals surface area contributed by atoms with E-state index in [2.05, 4.69) is 41.8 Å². The lowest BCUT2D eigenvalue weighted by molar-refractivity contribution is 0.174. The molecule has 0 unspecified atom stereocenters. The van der Waals surface area contributed by atoms with Crippen molar-refractivity contribution >= 4 is 34.4 Å². The Labute approximate surface area is 255 Å². The lowest BCUT2D eigenvalue weighted by Gasteiger charge is -2.30. The van der Waals surface area contributed by atoms with E-state index in [4.69, 9.17) is 23.9 Å². The van der Waals surface area contributed by atoms with Gasteiger partial charge in [-0.3, -0.25) is 9.36 Å². The van der Waals surface area contributed by atoms with E-state index in [9.17, 15) is 4.79 Å². The van der Waals surface area contributed by atoms with Gasteiger partial charge in [0.15, 0.2) is 27.8 Å². The second-order valence-corrected chi connectivity index (χ2v) is 12.5. The quantitative estimate of drug-likeness (QED) is 0.248. The predicted molar refractivity (Wildman–Crippen MR) is 167 cm³/mol. The standard InChI is InChI=1S/C34H26N2O5S2/c1-38-27-15-20(8-12-25(27)39-18-21-9-13-26-28(16-21)41-19-40-26)17-30-33(37)36-32(29-7-4-14-42-29)24-11-10-22-5-2-3-6-23(22)31(24)35-34(36)43-30/h2-9,12-17,32H,10-11,18-19H2,1H3/b30-17+/t32-/m0/s1. The summed E-state index contributed by atoms with van der Waals surface area (Å²) in [6.45, 7) is 0.583. The van der Waals surface area contributed by atoms with Crippen molar-refractivity contribution in [2.24, 2.45) is 4.99 Å². The van der Waals surface area contributed by atoms with Gasteiger partial charge < -0.3 is 18.9 Å². The Balaban J connectivity index is 1.15. The zero-order valence-corrected chi connectivity index (χ0v) is 24.9. The third-order valence-electron chi connectivity index (χ3n) is 8.00. The molecule has 7 nitrogen and oxygen atoms in total. The van der Waals surface area contributed by atoms with Gasteiger partial charge in [0, 0.05) is 10.4 Å². The van der Waals surface area contributed by atoms with Crippen LogP contribution in [0.5, 0.6) is 23.0 Å². The first kappa shape index (κ1) is 26.1. The summed E-state index contributed by atoms with van der Waals surface area (Å²) in [4.78, 5) is 21.0. The number of thiazole rings is 1. The van der Waals surface area contributed by atoms with E-state index in [0.717, 1.165) is 50.8 Å². The minimum atomic E-state index is -0.150. The van der Waals surface area contributed by atoms with Gasteiger partial charge in [-0.2, -0.15) is 0 Å². The molecule has 3 aromatic carbocycles. The molecule has 0 saturated heterocycles. The molecule has 0 spiro atoms. The second kappa shape index (κ2) is 10.6. The van der Waals surface area contributed by atoms with E-state index in [-0.39, 0.29) is 18.4 Å². The lowest BCUT2D eigenvalue weighted by Crippen LogP contribution is -2.38. The number of aromatic nitrogens is 1. The number of aryl methyl sites for hydroxylation is 1. The smallest absolute Gasteiger partial charge is 0.271 e. The largest absolute Gasteiger partial charge is 0.493 e. The Morgan fingerprint density at radius 3 is 2.79 bits per heavy atom. The second-order valence-electron chi connectivity index (χ2n) is 10.5. The minimum absolute atomic E-state index is 0.0327. The number of allylic oxidation sites excluding steroid dienone is 1. The first-order valence-electron chi connectivity index (χ1n) is 14.0. The molecule has 3 aliphatic rings. The van der Waals surface area contributed by atoms with Crippen molar-refractivity contribution in [3.05, 3.63) is 131 Å². The molecular formula is C34H26N2O5S2. The number of benzene rings is 3. The summed E-state index contributed by atoms with van der Waals surface area (Å²) in [7, 11) is 1.61. The molecule has 214 valence electrons. The maximum Gasteiger partial charge on any atom is 0.271 e. The third kappa shape index (κ3) is 4.56. The molecule has 4 heterocycles. The van der Waals surface area contributed by atoms with E-state index >= 15 is 0 Å². The normalized spacial score (nSPS) is 16.8. The molecule has 9 heteroatoms. The summed E-state index contributed by atoms with van der Waals surface area (Å²) in [6, 6.07) is 24.0. The predicted octanol–water partition coefficient (Wildman–Crippen LogP) is 5.70. The fraction of sp³-hybridized carbons (Fsp3) is 0.176. The lowest BCUT2D eigenvalue weighted by atomic mass is 9.85.